The number of hydrogen-bond donors (Lipinski definition) is 0. The molecule has 2 aliphatic rings. The monoisotopic (exact) mass is 444 g/mol. The van der Waals surface area contributed by atoms with Crippen molar-refractivity contribution in [1.82, 2.24) is 10.2 Å². The molecule has 0 N–H and O–H groups in total. The van der Waals surface area contributed by atoms with Gasteiger partial charge in [0.2, 0.25) is 0 Å². The maximum atomic E-state index is 13.7. The van der Waals surface area contributed by atoms with Crippen molar-refractivity contribution in [2.45, 2.75) is 45.1 Å². The predicted molar refractivity (Wildman–Crippen MR) is 128 cm³/mol. The Kier molecular flexibility index (Phi) is 6.07. The van der Waals surface area contributed by atoms with Gasteiger partial charge in [0.05, 0.1) is 0 Å². The molecular weight excluding hydrogens is 415 g/mol. The number of fused-ring (bicyclic) bond motifs is 1. The van der Waals surface area contributed by atoms with E-state index in [0.29, 0.717) is 11.6 Å². The molecule has 33 heavy (non-hydrogen) atoms. The topological polar surface area (TPSA) is 49.3 Å². The van der Waals surface area contributed by atoms with Crippen LogP contribution in [-0.2, 0) is 12.8 Å². The normalized spacial score (nSPS) is 18.8. The van der Waals surface area contributed by atoms with Gasteiger partial charge < -0.3 is 9.80 Å². The van der Waals surface area contributed by atoms with E-state index in [1.807, 2.05) is 13.0 Å². The molecule has 0 aliphatic carbocycles. The van der Waals surface area contributed by atoms with Crippen molar-refractivity contribution in [3.8, 4) is 0 Å². The smallest absolute Gasteiger partial charge is 0.279 e. The molecule has 5 nitrogen and oxygen atoms in total. The molecule has 0 spiro atoms. The minimum absolute atomic E-state index is 0.0283. The summed E-state index contributed by atoms with van der Waals surface area (Å²) in [7, 11) is 0. The fourth-order valence-electron chi connectivity index (χ4n) is 5.07. The number of halogens is 1. The highest BCUT2D eigenvalue weighted by Crippen LogP contribution is 2.32. The standard InChI is InChI=1S/C27H29FN4O/c1-19-7-8-22-18-23(28)9-11-25(22)32(19)27(33)24-10-12-26(30-29-24)31-15-13-21(14-16-31)17-20-5-3-2-4-6-20/h2-6,9-12,18-19,21H,7-8,13-17H2,1H3. The maximum Gasteiger partial charge on any atom is 0.279 e. The lowest BCUT2D eigenvalue weighted by Crippen LogP contribution is -2.42. The van der Waals surface area contributed by atoms with Gasteiger partial charge in [-0.25, -0.2) is 4.39 Å². The second kappa shape index (κ2) is 9.30. The van der Waals surface area contributed by atoms with Crippen LogP contribution in [0.15, 0.2) is 60.7 Å². The summed E-state index contributed by atoms with van der Waals surface area (Å²) in [4.78, 5) is 17.3. The Morgan fingerprint density at radius 2 is 1.79 bits per heavy atom. The number of aromatic nitrogens is 2. The van der Waals surface area contributed by atoms with E-state index >= 15 is 0 Å². The number of amides is 1. The zero-order valence-electron chi connectivity index (χ0n) is 19.0. The molecule has 3 aromatic rings. The molecule has 170 valence electrons. The lowest BCUT2D eigenvalue weighted by atomic mass is 9.90. The van der Waals surface area contributed by atoms with E-state index < -0.39 is 0 Å². The van der Waals surface area contributed by atoms with E-state index in [-0.39, 0.29) is 17.8 Å². The van der Waals surface area contributed by atoms with Crippen LogP contribution < -0.4 is 9.80 Å². The first-order valence-electron chi connectivity index (χ1n) is 11.8. The van der Waals surface area contributed by atoms with Crippen molar-refractivity contribution >= 4 is 17.4 Å². The van der Waals surface area contributed by atoms with Crippen LogP contribution in [0.4, 0.5) is 15.9 Å². The van der Waals surface area contributed by atoms with Gasteiger partial charge in [0, 0.05) is 24.8 Å². The Morgan fingerprint density at radius 1 is 1.00 bits per heavy atom. The fourth-order valence-corrected chi connectivity index (χ4v) is 5.07. The van der Waals surface area contributed by atoms with Crippen LogP contribution in [-0.4, -0.2) is 35.2 Å². The number of piperidine rings is 1. The van der Waals surface area contributed by atoms with Gasteiger partial charge in [-0.3, -0.25) is 4.79 Å². The van der Waals surface area contributed by atoms with Crippen LogP contribution in [0.5, 0.6) is 0 Å². The highest BCUT2D eigenvalue weighted by atomic mass is 19.1. The van der Waals surface area contributed by atoms with Gasteiger partial charge in [-0.2, -0.15) is 0 Å². The summed E-state index contributed by atoms with van der Waals surface area (Å²) in [6.45, 7) is 3.91. The lowest BCUT2D eigenvalue weighted by molar-refractivity contribution is 0.0969. The molecule has 1 fully saturated rings. The first-order chi connectivity index (χ1) is 16.1. The molecule has 1 aromatic heterocycles. The number of anilines is 2. The van der Waals surface area contributed by atoms with Gasteiger partial charge in [-0.15, -0.1) is 10.2 Å². The van der Waals surface area contributed by atoms with Gasteiger partial charge in [-0.05, 0) is 86.4 Å². The fraction of sp³-hybridized carbons (Fsp3) is 0.370. The number of aryl methyl sites for hydroxylation is 1. The highest BCUT2D eigenvalue weighted by Gasteiger charge is 2.30. The van der Waals surface area contributed by atoms with Gasteiger partial charge in [0.25, 0.3) is 5.91 Å². The second-order valence-electron chi connectivity index (χ2n) is 9.23. The first-order valence-corrected chi connectivity index (χ1v) is 11.8. The zero-order valence-corrected chi connectivity index (χ0v) is 19.0. The average molecular weight is 445 g/mol. The predicted octanol–water partition coefficient (Wildman–Crippen LogP) is 5.06. The van der Waals surface area contributed by atoms with E-state index in [1.165, 1.54) is 17.7 Å². The van der Waals surface area contributed by atoms with Gasteiger partial charge in [0.15, 0.2) is 11.5 Å². The molecule has 0 radical (unpaired) electrons. The Morgan fingerprint density at radius 3 is 2.52 bits per heavy atom. The molecule has 1 amide bonds. The number of rotatable bonds is 4. The van der Waals surface area contributed by atoms with Crippen LogP contribution in [0, 0.1) is 11.7 Å². The molecular formula is C27H29FN4O. The zero-order chi connectivity index (χ0) is 22.8. The summed E-state index contributed by atoms with van der Waals surface area (Å²) in [5.74, 6) is 1.05. The molecule has 1 saturated heterocycles. The number of hydrogen-bond acceptors (Lipinski definition) is 4. The molecule has 6 heteroatoms. The van der Waals surface area contributed by atoms with Crippen LogP contribution >= 0.6 is 0 Å². The minimum atomic E-state index is -0.271. The number of carbonyl (C=O) groups excluding carboxylic acids is 1. The molecule has 2 aromatic carbocycles. The van der Waals surface area contributed by atoms with Crippen LogP contribution in [0.2, 0.25) is 0 Å². The quantitative estimate of drug-likeness (QED) is 0.565. The summed E-state index contributed by atoms with van der Waals surface area (Å²) in [6.07, 6.45) is 4.92. The van der Waals surface area contributed by atoms with Crippen molar-refractivity contribution in [3.63, 3.8) is 0 Å². The third-order valence-electron chi connectivity index (χ3n) is 6.97. The van der Waals surface area contributed by atoms with Crippen LogP contribution in [0.25, 0.3) is 0 Å². The van der Waals surface area contributed by atoms with Crippen LogP contribution in [0.3, 0.4) is 0 Å². The largest absolute Gasteiger partial charge is 0.355 e. The third-order valence-corrected chi connectivity index (χ3v) is 6.97. The highest BCUT2D eigenvalue weighted by molar-refractivity contribution is 6.05. The molecule has 2 aliphatic heterocycles. The first kappa shape index (κ1) is 21.6. The third kappa shape index (κ3) is 4.61. The van der Waals surface area contributed by atoms with Crippen molar-refractivity contribution in [1.29, 1.82) is 0 Å². The Labute approximate surface area is 194 Å². The van der Waals surface area contributed by atoms with E-state index in [1.54, 1.807) is 17.0 Å². The van der Waals surface area contributed by atoms with Gasteiger partial charge in [0.1, 0.15) is 5.82 Å². The Bertz CT molecular complexity index is 1110. The van der Waals surface area contributed by atoms with Crippen molar-refractivity contribution in [2.75, 3.05) is 22.9 Å². The Hall–Kier alpha value is -3.28. The van der Waals surface area contributed by atoms with E-state index in [2.05, 4.69) is 45.4 Å². The van der Waals surface area contributed by atoms with Gasteiger partial charge >= 0.3 is 0 Å². The molecule has 5 rings (SSSR count). The minimum Gasteiger partial charge on any atom is -0.355 e. The lowest BCUT2D eigenvalue weighted by Gasteiger charge is -2.35. The second-order valence-corrected chi connectivity index (χ2v) is 9.23. The molecule has 3 heterocycles. The van der Waals surface area contributed by atoms with E-state index in [4.69, 9.17) is 0 Å². The maximum absolute atomic E-state index is 13.7. The number of nitrogens with zero attached hydrogens (tertiary/aromatic N) is 4. The summed E-state index contributed by atoms with van der Waals surface area (Å²) < 4.78 is 13.7. The van der Waals surface area contributed by atoms with Crippen molar-refractivity contribution < 1.29 is 9.18 Å². The summed E-state index contributed by atoms with van der Waals surface area (Å²) in [6, 6.07) is 19.0. The molecule has 1 atom stereocenters. The summed E-state index contributed by atoms with van der Waals surface area (Å²) >= 11 is 0. The number of carbonyl (C=O) groups is 1. The average Bonchev–Trinajstić information content (AvgIpc) is 2.85. The van der Waals surface area contributed by atoms with Crippen molar-refractivity contribution in [3.05, 3.63) is 83.3 Å². The molecule has 0 saturated carbocycles. The van der Waals surface area contributed by atoms with E-state index in [0.717, 1.165) is 62.3 Å². The molecule has 1 unspecified atom stereocenters. The van der Waals surface area contributed by atoms with E-state index in [9.17, 15) is 9.18 Å². The Balaban J connectivity index is 1.24. The van der Waals surface area contributed by atoms with Crippen molar-refractivity contribution in [2.24, 2.45) is 5.92 Å². The number of benzene rings is 2. The SMILES string of the molecule is CC1CCc2cc(F)ccc2N1C(=O)c1ccc(N2CCC(Cc3ccccc3)CC2)nn1. The summed E-state index contributed by atoms with van der Waals surface area (Å²) in [5.41, 5.74) is 3.35. The molecule has 0 bridgehead atoms. The van der Waals surface area contributed by atoms with Gasteiger partial charge in [-0.1, -0.05) is 30.3 Å². The summed E-state index contributed by atoms with van der Waals surface area (Å²) in [5, 5.41) is 8.67. The van der Waals surface area contributed by atoms with Crippen LogP contribution in [0.1, 0.15) is 47.8 Å².